The van der Waals surface area contributed by atoms with Crippen LogP contribution < -0.4 is 24.8 Å². The number of fused-ring (bicyclic) bond motifs is 2. The number of halogens is 2. The molecule has 236 valence electrons. The third-order valence-electron chi connectivity index (χ3n) is 7.89. The first-order valence-corrected chi connectivity index (χ1v) is 23.6. The van der Waals surface area contributed by atoms with Gasteiger partial charge in [-0.25, -0.2) is 0 Å². The van der Waals surface area contributed by atoms with Gasteiger partial charge in [0.2, 0.25) is 0 Å². The van der Waals surface area contributed by atoms with E-state index in [4.69, 9.17) is 0 Å². The van der Waals surface area contributed by atoms with Crippen LogP contribution in [-0.4, -0.2) is 5.49 Å². The molecule has 0 fully saturated rings. The third kappa shape index (κ3) is 9.21. The topological polar surface area (TPSA) is 0 Å². The van der Waals surface area contributed by atoms with Gasteiger partial charge in [-0.15, -0.1) is 69.1 Å². The third-order valence-corrected chi connectivity index (χ3v) is 7.89. The minimum atomic E-state index is 0. The molecule has 0 saturated carbocycles. The van der Waals surface area contributed by atoms with Crippen molar-refractivity contribution in [1.29, 1.82) is 0 Å². The molecule has 8 aromatic rings. The molecule has 0 heterocycles. The molecule has 48 heavy (non-hydrogen) atoms. The predicted molar refractivity (Wildman–Crippen MR) is 198 cm³/mol. The molecule has 0 N–H and O–H groups in total. The molecule has 0 unspecified atom stereocenters. The number of hydrogen-bond acceptors (Lipinski definition) is 0. The molecular weight excluding hydrogens is 806 g/mol. The standard InChI is InChI=1S/2C21H15.C2H6Si.2ClH.Hf/c2*1-3-8-16(9-4-1)19-14-18-12-7-13-20(21(18)15-19)17-10-5-2-6-11-17;1-3-2;;;/h2*1-15H;1-2H3;2*1H;/q2*-1;;;;+2/p-2. The molecule has 0 radical (unpaired) electrons. The number of benzene rings is 6. The van der Waals surface area contributed by atoms with Gasteiger partial charge in [-0.05, 0) is 11.1 Å². The molecule has 0 aliphatic carbocycles. The molecule has 0 spiro atoms. The second kappa shape index (κ2) is 18.1. The van der Waals surface area contributed by atoms with E-state index in [1.807, 2.05) is 0 Å². The predicted octanol–water partition coefficient (Wildman–Crippen LogP) is 6.58. The molecule has 0 amide bonds. The summed E-state index contributed by atoms with van der Waals surface area (Å²) in [6, 6.07) is 64.5. The zero-order valence-electron chi connectivity index (χ0n) is 27.1. The van der Waals surface area contributed by atoms with Crippen molar-refractivity contribution in [3.63, 3.8) is 0 Å². The summed E-state index contributed by atoms with van der Waals surface area (Å²) >= 11 is 1.45. The van der Waals surface area contributed by atoms with Crippen molar-refractivity contribution >= 4 is 27.0 Å². The van der Waals surface area contributed by atoms with Gasteiger partial charge in [-0.2, -0.15) is 0 Å². The average molecular weight is 842 g/mol. The molecule has 4 heteroatoms. The van der Waals surface area contributed by atoms with Crippen LogP contribution in [-0.2, 0) is 23.0 Å². The summed E-state index contributed by atoms with van der Waals surface area (Å²) in [7, 11) is 0. The summed E-state index contributed by atoms with van der Waals surface area (Å²) in [5, 5.41) is 5.25. The Morgan fingerprint density at radius 2 is 0.688 bits per heavy atom. The van der Waals surface area contributed by atoms with E-state index in [-0.39, 0.29) is 30.3 Å². The molecule has 0 aliphatic heterocycles. The van der Waals surface area contributed by atoms with Crippen LogP contribution in [0.5, 0.6) is 0 Å². The second-order valence-electron chi connectivity index (χ2n) is 11.6. The van der Waals surface area contributed by atoms with E-state index in [1.165, 1.54) is 89.1 Å². The van der Waals surface area contributed by atoms with Crippen LogP contribution in [0, 0.1) is 0 Å². The van der Waals surface area contributed by atoms with Crippen molar-refractivity contribution in [3.05, 3.63) is 182 Å². The van der Waals surface area contributed by atoms with Crippen molar-refractivity contribution in [2.24, 2.45) is 0 Å². The van der Waals surface area contributed by atoms with Crippen molar-refractivity contribution in [2.75, 3.05) is 0 Å². The Bertz CT molecular complexity index is 2010. The fraction of sp³-hybridized carbons (Fsp3) is 0.0455. The first-order valence-electron chi connectivity index (χ1n) is 15.7. The zero-order chi connectivity index (χ0) is 31.7. The van der Waals surface area contributed by atoms with Crippen LogP contribution in [0.2, 0.25) is 13.1 Å². The zero-order valence-corrected chi connectivity index (χ0v) is 33.2. The smallest absolute Gasteiger partial charge is 0.0259 e. The van der Waals surface area contributed by atoms with Gasteiger partial charge in [0.25, 0.3) is 0 Å². The van der Waals surface area contributed by atoms with Crippen molar-refractivity contribution in [1.82, 2.24) is 0 Å². The Morgan fingerprint density at radius 1 is 0.396 bits per heavy atom. The fourth-order valence-corrected chi connectivity index (χ4v) is 5.80. The minimum absolute atomic E-state index is 0. The average Bonchev–Trinajstić information content (AvgIpc) is 3.75. The van der Waals surface area contributed by atoms with Gasteiger partial charge in [-0.3, -0.25) is 0 Å². The Hall–Kier alpha value is -3.79. The van der Waals surface area contributed by atoms with E-state index >= 15 is 0 Å². The van der Waals surface area contributed by atoms with Gasteiger partial charge < -0.3 is 24.8 Å². The molecule has 8 rings (SSSR count). The largest absolute Gasteiger partial charge is 1.00 e. The van der Waals surface area contributed by atoms with E-state index in [1.54, 1.807) is 0 Å². The van der Waals surface area contributed by atoms with Crippen LogP contribution in [0.1, 0.15) is 0 Å². The minimum Gasteiger partial charge on any atom is -1.00 e. The SMILES string of the molecule is C[Si](C)=[Hf+2].[Cl-].[Cl-].c1ccc(-c2cc3c(-c4ccccc4)cccc3[cH-]2)cc1.c1ccc(-c2cc3c(-c4ccccc4)cccc3[cH-]2)cc1. The van der Waals surface area contributed by atoms with E-state index in [0.717, 1.165) is 0 Å². The van der Waals surface area contributed by atoms with Crippen LogP contribution in [0.25, 0.3) is 66.1 Å². The van der Waals surface area contributed by atoms with Crippen LogP contribution >= 0.6 is 0 Å². The molecular formula is C44H36Cl2HfSi-2. The quantitative estimate of drug-likeness (QED) is 0.139. The molecule has 0 saturated heterocycles. The number of rotatable bonds is 4. The van der Waals surface area contributed by atoms with Gasteiger partial charge in [0.1, 0.15) is 0 Å². The molecule has 0 nitrogen and oxygen atoms in total. The summed E-state index contributed by atoms with van der Waals surface area (Å²) < 4.78 is 0. The second-order valence-corrected chi connectivity index (χ2v) is 24.3. The summed E-state index contributed by atoms with van der Waals surface area (Å²) in [5.74, 6) is 0. The molecule has 0 bridgehead atoms. The molecule has 8 aromatic carbocycles. The van der Waals surface area contributed by atoms with Crippen molar-refractivity contribution < 1.29 is 47.8 Å². The maximum Gasteiger partial charge on any atom is -0.0259 e. The summed E-state index contributed by atoms with van der Waals surface area (Å²) in [6.45, 7) is 4.66. The summed E-state index contributed by atoms with van der Waals surface area (Å²) in [5.41, 5.74) is 10.5. The maximum atomic E-state index is 2.33. The monoisotopic (exact) mass is 842 g/mol. The van der Waals surface area contributed by atoms with E-state index in [9.17, 15) is 0 Å². The fourth-order valence-electron chi connectivity index (χ4n) is 5.80. The maximum absolute atomic E-state index is 2.33. The molecule has 0 aliphatic rings. The van der Waals surface area contributed by atoms with Gasteiger partial charge in [-0.1, -0.05) is 168 Å². The van der Waals surface area contributed by atoms with Crippen LogP contribution in [0.4, 0.5) is 0 Å². The van der Waals surface area contributed by atoms with Gasteiger partial charge in [0.05, 0.1) is 0 Å². The van der Waals surface area contributed by atoms with E-state index in [0.29, 0.717) is 0 Å². The molecule has 0 atom stereocenters. The number of hydrogen-bond donors (Lipinski definition) is 0. The van der Waals surface area contributed by atoms with E-state index in [2.05, 4.69) is 195 Å². The van der Waals surface area contributed by atoms with Gasteiger partial charge >= 0.3 is 41.6 Å². The first kappa shape index (κ1) is 37.0. The van der Waals surface area contributed by atoms with Gasteiger partial charge in [0, 0.05) is 0 Å². The van der Waals surface area contributed by atoms with Crippen molar-refractivity contribution in [2.45, 2.75) is 13.1 Å². The summed E-state index contributed by atoms with van der Waals surface area (Å²) in [4.78, 5) is 0. The normalized spacial score (nSPS) is 10.1. The summed E-state index contributed by atoms with van der Waals surface area (Å²) in [6.07, 6.45) is 0. The van der Waals surface area contributed by atoms with Crippen LogP contribution in [0.15, 0.2) is 182 Å². The van der Waals surface area contributed by atoms with E-state index < -0.39 is 0 Å². The Labute approximate surface area is 312 Å². The first-order chi connectivity index (χ1) is 22.6. The Kier molecular flexibility index (Phi) is 14.0. The molecule has 0 aromatic heterocycles. The Morgan fingerprint density at radius 3 is 1.00 bits per heavy atom. The Balaban J connectivity index is 0.000000188. The van der Waals surface area contributed by atoms with Crippen molar-refractivity contribution in [3.8, 4) is 44.5 Å². The van der Waals surface area contributed by atoms with Gasteiger partial charge in [0.15, 0.2) is 0 Å². The van der Waals surface area contributed by atoms with Crippen LogP contribution in [0.3, 0.4) is 0 Å².